The Hall–Kier alpha value is -3.02. The van der Waals surface area contributed by atoms with Gasteiger partial charge in [0.2, 0.25) is 11.8 Å². The van der Waals surface area contributed by atoms with Gasteiger partial charge in [0.25, 0.3) is 0 Å². The first-order valence-corrected chi connectivity index (χ1v) is 9.08. The topological polar surface area (TPSA) is 61.9 Å². The van der Waals surface area contributed by atoms with Crippen molar-refractivity contribution < 1.29 is 14.3 Å². The number of piperazine rings is 1. The van der Waals surface area contributed by atoms with Gasteiger partial charge in [0.15, 0.2) is 0 Å². The fourth-order valence-electron chi connectivity index (χ4n) is 3.20. The predicted octanol–water partition coefficient (Wildman–Crippen LogP) is 2.54. The van der Waals surface area contributed by atoms with Crippen molar-refractivity contribution in [3.8, 4) is 5.75 Å². The van der Waals surface area contributed by atoms with Gasteiger partial charge in [-0.3, -0.25) is 9.59 Å². The van der Waals surface area contributed by atoms with Crippen molar-refractivity contribution in [3.63, 3.8) is 0 Å². The number of hydrogen-bond donors (Lipinski definition) is 1. The maximum absolute atomic E-state index is 12.6. The molecule has 2 aromatic carbocycles. The van der Waals surface area contributed by atoms with Crippen LogP contribution in [0.2, 0.25) is 0 Å². The van der Waals surface area contributed by atoms with E-state index in [0.717, 1.165) is 48.9 Å². The van der Waals surface area contributed by atoms with Crippen LogP contribution in [0.1, 0.15) is 12.5 Å². The number of nitrogens with zero attached hydrogens (tertiary/aromatic N) is 2. The molecule has 0 aliphatic carbocycles. The molecule has 1 saturated heterocycles. The Kier molecular flexibility index (Phi) is 5.96. The average molecular weight is 367 g/mol. The van der Waals surface area contributed by atoms with Crippen LogP contribution in [-0.2, 0) is 16.0 Å². The normalized spacial score (nSPS) is 14.0. The van der Waals surface area contributed by atoms with E-state index in [0.29, 0.717) is 6.42 Å². The summed E-state index contributed by atoms with van der Waals surface area (Å²) in [4.78, 5) is 27.8. The summed E-state index contributed by atoms with van der Waals surface area (Å²) in [5, 5.41) is 2.73. The molecule has 0 bridgehead atoms. The van der Waals surface area contributed by atoms with Gasteiger partial charge in [0.05, 0.1) is 13.5 Å². The Bertz CT molecular complexity index is 779. The molecule has 0 spiro atoms. The highest BCUT2D eigenvalue weighted by molar-refractivity contribution is 5.88. The quantitative estimate of drug-likeness (QED) is 0.882. The molecule has 6 heteroatoms. The summed E-state index contributed by atoms with van der Waals surface area (Å²) in [5.41, 5.74) is 2.84. The van der Waals surface area contributed by atoms with Crippen molar-refractivity contribution in [2.45, 2.75) is 13.3 Å². The highest BCUT2D eigenvalue weighted by Gasteiger charge is 2.21. The molecule has 27 heavy (non-hydrogen) atoms. The molecule has 142 valence electrons. The highest BCUT2D eigenvalue weighted by atomic mass is 16.5. The third-order valence-corrected chi connectivity index (χ3v) is 4.70. The number of anilines is 2. The molecule has 6 nitrogen and oxygen atoms in total. The molecular formula is C21H25N3O3. The number of amides is 2. The van der Waals surface area contributed by atoms with Gasteiger partial charge >= 0.3 is 0 Å². The zero-order chi connectivity index (χ0) is 19.2. The molecule has 1 heterocycles. The summed E-state index contributed by atoms with van der Waals surface area (Å²) in [6, 6.07) is 15.4. The van der Waals surface area contributed by atoms with Crippen molar-refractivity contribution >= 4 is 23.2 Å². The van der Waals surface area contributed by atoms with Gasteiger partial charge in [-0.05, 0) is 42.0 Å². The molecule has 3 rings (SSSR count). The second-order valence-electron chi connectivity index (χ2n) is 6.62. The van der Waals surface area contributed by atoms with Crippen LogP contribution in [0, 0.1) is 0 Å². The van der Waals surface area contributed by atoms with Gasteiger partial charge in [-0.2, -0.15) is 0 Å². The van der Waals surface area contributed by atoms with E-state index < -0.39 is 0 Å². The van der Waals surface area contributed by atoms with Crippen LogP contribution in [0.15, 0.2) is 48.5 Å². The van der Waals surface area contributed by atoms with Crippen molar-refractivity contribution in [1.29, 1.82) is 0 Å². The van der Waals surface area contributed by atoms with Gasteiger partial charge < -0.3 is 19.9 Å². The van der Waals surface area contributed by atoms with Gasteiger partial charge in [-0.15, -0.1) is 0 Å². The zero-order valence-electron chi connectivity index (χ0n) is 15.8. The highest BCUT2D eigenvalue weighted by Crippen LogP contribution is 2.21. The summed E-state index contributed by atoms with van der Waals surface area (Å²) in [5.74, 6) is 0.877. The van der Waals surface area contributed by atoms with E-state index in [-0.39, 0.29) is 11.8 Å². The fourth-order valence-corrected chi connectivity index (χ4v) is 3.20. The summed E-state index contributed by atoms with van der Waals surface area (Å²) in [7, 11) is 1.66. The SMILES string of the molecule is COc1ccc(N2CCN(C(=O)Cc3ccc(NC(C)=O)cc3)CC2)cc1. The Labute approximate surface area is 159 Å². The second kappa shape index (κ2) is 8.58. The summed E-state index contributed by atoms with van der Waals surface area (Å²) in [6.45, 7) is 4.55. The number of nitrogens with one attached hydrogen (secondary N) is 1. The Morgan fingerprint density at radius 1 is 0.963 bits per heavy atom. The molecule has 0 radical (unpaired) electrons. The van der Waals surface area contributed by atoms with Gasteiger partial charge in [-0.25, -0.2) is 0 Å². The van der Waals surface area contributed by atoms with Gasteiger partial charge in [0.1, 0.15) is 5.75 Å². The van der Waals surface area contributed by atoms with Gasteiger partial charge in [-0.1, -0.05) is 12.1 Å². The van der Waals surface area contributed by atoms with Crippen molar-refractivity contribution in [1.82, 2.24) is 4.90 Å². The molecule has 1 aliphatic rings. The Balaban J connectivity index is 1.51. The Morgan fingerprint density at radius 3 is 2.15 bits per heavy atom. The minimum Gasteiger partial charge on any atom is -0.497 e. The van der Waals surface area contributed by atoms with E-state index in [2.05, 4.69) is 10.2 Å². The summed E-state index contributed by atoms with van der Waals surface area (Å²) < 4.78 is 5.20. The number of carbonyl (C=O) groups is 2. The largest absolute Gasteiger partial charge is 0.497 e. The molecule has 0 unspecified atom stereocenters. The monoisotopic (exact) mass is 367 g/mol. The second-order valence-corrected chi connectivity index (χ2v) is 6.62. The number of methoxy groups -OCH3 is 1. The van der Waals surface area contributed by atoms with E-state index >= 15 is 0 Å². The molecule has 2 aromatic rings. The van der Waals surface area contributed by atoms with E-state index in [1.807, 2.05) is 53.4 Å². The lowest BCUT2D eigenvalue weighted by Crippen LogP contribution is -2.49. The summed E-state index contributed by atoms with van der Waals surface area (Å²) >= 11 is 0. The first kappa shape index (κ1) is 18.8. The van der Waals surface area contributed by atoms with Gasteiger partial charge in [0, 0.05) is 44.5 Å². The van der Waals surface area contributed by atoms with Crippen LogP contribution < -0.4 is 15.0 Å². The third kappa shape index (κ3) is 5.00. The number of rotatable bonds is 5. The first-order chi connectivity index (χ1) is 13.0. The molecule has 0 aromatic heterocycles. The standard InChI is InChI=1S/C21H25N3O3/c1-16(25)22-18-5-3-17(4-6-18)15-21(26)24-13-11-23(12-14-24)19-7-9-20(27-2)10-8-19/h3-10H,11-15H2,1-2H3,(H,22,25). The first-order valence-electron chi connectivity index (χ1n) is 9.08. The van der Waals surface area contributed by atoms with Crippen LogP contribution in [0.3, 0.4) is 0 Å². The van der Waals surface area contributed by atoms with Crippen molar-refractivity contribution in [2.75, 3.05) is 43.5 Å². The van der Waals surface area contributed by atoms with E-state index in [1.165, 1.54) is 6.92 Å². The van der Waals surface area contributed by atoms with Crippen molar-refractivity contribution in [3.05, 3.63) is 54.1 Å². The maximum Gasteiger partial charge on any atom is 0.227 e. The van der Waals surface area contributed by atoms with E-state index in [1.54, 1.807) is 7.11 Å². The predicted molar refractivity (Wildman–Crippen MR) is 106 cm³/mol. The zero-order valence-corrected chi connectivity index (χ0v) is 15.8. The molecule has 1 aliphatic heterocycles. The lowest BCUT2D eigenvalue weighted by atomic mass is 10.1. The lowest BCUT2D eigenvalue weighted by Gasteiger charge is -2.36. The Morgan fingerprint density at radius 2 is 1.59 bits per heavy atom. The minimum absolute atomic E-state index is 0.103. The molecule has 1 N–H and O–H groups in total. The molecule has 1 fully saturated rings. The van der Waals surface area contributed by atoms with Crippen molar-refractivity contribution in [2.24, 2.45) is 0 Å². The van der Waals surface area contributed by atoms with Crippen LogP contribution >= 0.6 is 0 Å². The lowest BCUT2D eigenvalue weighted by molar-refractivity contribution is -0.130. The van der Waals surface area contributed by atoms with Crippen LogP contribution in [0.4, 0.5) is 11.4 Å². The molecule has 0 saturated carbocycles. The fraction of sp³-hybridized carbons (Fsp3) is 0.333. The average Bonchev–Trinajstić information content (AvgIpc) is 2.69. The van der Waals surface area contributed by atoms with E-state index in [9.17, 15) is 9.59 Å². The third-order valence-electron chi connectivity index (χ3n) is 4.70. The molecule has 2 amide bonds. The number of ether oxygens (including phenoxy) is 1. The van der Waals surface area contributed by atoms with Crippen LogP contribution in [0.25, 0.3) is 0 Å². The molecule has 0 atom stereocenters. The van der Waals surface area contributed by atoms with E-state index in [4.69, 9.17) is 4.74 Å². The number of carbonyl (C=O) groups excluding carboxylic acids is 2. The summed E-state index contributed by atoms with van der Waals surface area (Å²) in [6.07, 6.45) is 0.378. The smallest absolute Gasteiger partial charge is 0.227 e. The number of benzene rings is 2. The minimum atomic E-state index is -0.103. The maximum atomic E-state index is 12.6. The van der Waals surface area contributed by atoms with Crippen LogP contribution in [0.5, 0.6) is 5.75 Å². The number of hydrogen-bond acceptors (Lipinski definition) is 4. The molecular weight excluding hydrogens is 342 g/mol. The van der Waals surface area contributed by atoms with Crippen LogP contribution in [-0.4, -0.2) is 50.0 Å².